The van der Waals surface area contributed by atoms with E-state index in [9.17, 15) is 4.79 Å². The van der Waals surface area contributed by atoms with E-state index in [1.165, 1.54) is 0 Å². The summed E-state index contributed by atoms with van der Waals surface area (Å²) in [5.41, 5.74) is 4.53. The summed E-state index contributed by atoms with van der Waals surface area (Å²) in [7, 11) is 0. The summed E-state index contributed by atoms with van der Waals surface area (Å²) >= 11 is 0. The van der Waals surface area contributed by atoms with Crippen molar-refractivity contribution >= 4 is 12.0 Å². The van der Waals surface area contributed by atoms with Gasteiger partial charge in [-0.1, -0.05) is 35.5 Å². The van der Waals surface area contributed by atoms with E-state index in [2.05, 4.69) is 15.1 Å². The maximum absolute atomic E-state index is 12.6. The molecule has 1 aliphatic heterocycles. The predicted octanol–water partition coefficient (Wildman–Crippen LogP) is 3.85. The van der Waals surface area contributed by atoms with Gasteiger partial charge >= 0.3 is 0 Å². The van der Waals surface area contributed by atoms with Crippen molar-refractivity contribution in [3.05, 3.63) is 71.5 Å². The van der Waals surface area contributed by atoms with E-state index in [0.29, 0.717) is 5.92 Å². The minimum absolute atomic E-state index is 0.0569. The second-order valence-corrected chi connectivity index (χ2v) is 7.44. The molecule has 3 aromatic rings. The Bertz CT molecular complexity index is 1010. The third-order valence-electron chi connectivity index (χ3n) is 5.34. The van der Waals surface area contributed by atoms with Crippen molar-refractivity contribution in [1.82, 2.24) is 20.0 Å². The number of likely N-dealkylation sites (tertiary alicyclic amines) is 1. The predicted molar refractivity (Wildman–Crippen MR) is 111 cm³/mol. The summed E-state index contributed by atoms with van der Waals surface area (Å²) in [6.45, 7) is 5.31. The molecule has 148 valence electrons. The Morgan fingerprint density at radius 3 is 2.76 bits per heavy atom. The zero-order valence-electron chi connectivity index (χ0n) is 16.7. The molecule has 0 radical (unpaired) electrons. The number of aryl methyl sites for hydroxylation is 2. The van der Waals surface area contributed by atoms with Gasteiger partial charge in [0.15, 0.2) is 0 Å². The molecule has 1 atom stereocenters. The number of benzene rings is 1. The Hall–Kier alpha value is -3.28. The molecule has 1 aliphatic rings. The summed E-state index contributed by atoms with van der Waals surface area (Å²) in [5.74, 6) is 1.17. The standard InChI is InChI=1S/C23H24N4O2/c1-16-22(17(2)29-26-16)23-20(24-11-12-25-23)14-19-10-13-27(15-19)21(28)9-8-18-6-4-3-5-7-18/h3-9,11-12,19H,10,13-15H2,1-2H3/b9-8+/t19-/m1/s1. The lowest BCUT2D eigenvalue weighted by molar-refractivity contribution is -0.125. The van der Waals surface area contributed by atoms with Gasteiger partial charge in [-0.3, -0.25) is 14.8 Å². The lowest BCUT2D eigenvalue weighted by Crippen LogP contribution is -2.27. The van der Waals surface area contributed by atoms with E-state index in [-0.39, 0.29) is 5.91 Å². The van der Waals surface area contributed by atoms with Crippen LogP contribution in [0.25, 0.3) is 17.3 Å². The molecule has 0 bridgehead atoms. The second-order valence-electron chi connectivity index (χ2n) is 7.44. The van der Waals surface area contributed by atoms with Crippen LogP contribution in [0.5, 0.6) is 0 Å². The van der Waals surface area contributed by atoms with Crippen LogP contribution < -0.4 is 0 Å². The highest BCUT2D eigenvalue weighted by atomic mass is 16.5. The van der Waals surface area contributed by atoms with Crippen LogP contribution in [0.15, 0.2) is 53.3 Å². The van der Waals surface area contributed by atoms with Gasteiger partial charge in [0.1, 0.15) is 5.76 Å². The van der Waals surface area contributed by atoms with E-state index in [1.807, 2.05) is 55.2 Å². The molecule has 3 heterocycles. The summed E-state index contributed by atoms with van der Waals surface area (Å²) in [6, 6.07) is 9.87. The molecule has 6 nitrogen and oxygen atoms in total. The topological polar surface area (TPSA) is 72.1 Å². The van der Waals surface area contributed by atoms with Crippen LogP contribution in [0.3, 0.4) is 0 Å². The van der Waals surface area contributed by atoms with Crippen molar-refractivity contribution < 1.29 is 9.32 Å². The zero-order valence-corrected chi connectivity index (χ0v) is 16.7. The molecule has 0 saturated carbocycles. The Balaban J connectivity index is 1.44. The quantitative estimate of drug-likeness (QED) is 0.621. The van der Waals surface area contributed by atoms with E-state index < -0.39 is 0 Å². The number of carbonyl (C=O) groups excluding carboxylic acids is 1. The minimum Gasteiger partial charge on any atom is -0.361 e. The molecule has 0 unspecified atom stereocenters. The van der Waals surface area contributed by atoms with Crippen LogP contribution in [0.4, 0.5) is 0 Å². The number of hydrogen-bond donors (Lipinski definition) is 0. The van der Waals surface area contributed by atoms with Crippen molar-refractivity contribution in [3.63, 3.8) is 0 Å². The average Bonchev–Trinajstić information content (AvgIpc) is 3.34. The summed E-state index contributed by atoms with van der Waals surface area (Å²) < 4.78 is 5.31. The third-order valence-corrected chi connectivity index (χ3v) is 5.34. The summed E-state index contributed by atoms with van der Waals surface area (Å²) in [5, 5.41) is 4.04. The number of amides is 1. The largest absolute Gasteiger partial charge is 0.361 e. The molecule has 1 fully saturated rings. The fourth-order valence-corrected chi connectivity index (χ4v) is 3.86. The molecule has 0 spiro atoms. The summed E-state index contributed by atoms with van der Waals surface area (Å²) in [4.78, 5) is 23.6. The fraction of sp³-hybridized carbons (Fsp3) is 0.304. The first-order valence-corrected chi connectivity index (χ1v) is 9.87. The van der Waals surface area contributed by atoms with E-state index in [4.69, 9.17) is 4.52 Å². The Kier molecular flexibility index (Phi) is 5.51. The van der Waals surface area contributed by atoms with E-state index in [1.54, 1.807) is 18.5 Å². The molecule has 4 rings (SSSR count). The highest BCUT2D eigenvalue weighted by Crippen LogP contribution is 2.30. The monoisotopic (exact) mass is 388 g/mol. The zero-order chi connectivity index (χ0) is 20.2. The van der Waals surface area contributed by atoms with Crippen molar-refractivity contribution in [2.45, 2.75) is 26.7 Å². The number of nitrogens with zero attached hydrogens (tertiary/aromatic N) is 4. The normalized spacial score (nSPS) is 16.6. The Labute approximate surface area is 170 Å². The maximum Gasteiger partial charge on any atom is 0.246 e. The first kappa shape index (κ1) is 19.1. The van der Waals surface area contributed by atoms with Crippen LogP contribution in [0.1, 0.15) is 29.1 Å². The first-order chi connectivity index (χ1) is 14.1. The summed E-state index contributed by atoms with van der Waals surface area (Å²) in [6.07, 6.45) is 8.69. The highest BCUT2D eigenvalue weighted by molar-refractivity contribution is 5.91. The molecular weight excluding hydrogens is 364 g/mol. The number of carbonyl (C=O) groups is 1. The van der Waals surface area contributed by atoms with Crippen molar-refractivity contribution in [3.8, 4) is 11.3 Å². The lowest BCUT2D eigenvalue weighted by atomic mass is 9.98. The maximum atomic E-state index is 12.6. The lowest BCUT2D eigenvalue weighted by Gasteiger charge is -2.15. The Morgan fingerprint density at radius 2 is 2.00 bits per heavy atom. The first-order valence-electron chi connectivity index (χ1n) is 9.87. The van der Waals surface area contributed by atoms with Gasteiger partial charge < -0.3 is 9.42 Å². The van der Waals surface area contributed by atoms with Gasteiger partial charge in [0, 0.05) is 31.6 Å². The second kappa shape index (κ2) is 8.39. The molecule has 0 N–H and O–H groups in total. The minimum atomic E-state index is 0.0569. The van der Waals surface area contributed by atoms with Crippen molar-refractivity contribution in [2.24, 2.45) is 5.92 Å². The van der Waals surface area contributed by atoms with Crippen molar-refractivity contribution in [2.75, 3.05) is 13.1 Å². The smallest absolute Gasteiger partial charge is 0.246 e. The van der Waals surface area contributed by atoms with Crippen LogP contribution in [-0.4, -0.2) is 39.0 Å². The van der Waals surface area contributed by atoms with Crippen LogP contribution in [0, 0.1) is 19.8 Å². The highest BCUT2D eigenvalue weighted by Gasteiger charge is 2.27. The van der Waals surface area contributed by atoms with Crippen LogP contribution in [-0.2, 0) is 11.2 Å². The molecule has 0 aliphatic carbocycles. The van der Waals surface area contributed by atoms with Crippen molar-refractivity contribution in [1.29, 1.82) is 0 Å². The number of rotatable bonds is 5. The van der Waals surface area contributed by atoms with E-state index in [0.717, 1.165) is 59.9 Å². The van der Waals surface area contributed by atoms with Gasteiger partial charge in [-0.15, -0.1) is 0 Å². The SMILES string of the molecule is Cc1noc(C)c1-c1nccnc1C[C@H]1CCN(C(=O)/C=C/c2ccccc2)C1. The van der Waals surface area contributed by atoms with Gasteiger partial charge in [-0.2, -0.15) is 0 Å². The molecule has 1 amide bonds. The van der Waals surface area contributed by atoms with Crippen LogP contribution in [0.2, 0.25) is 0 Å². The third kappa shape index (κ3) is 4.26. The molecule has 29 heavy (non-hydrogen) atoms. The molecule has 1 aromatic carbocycles. The number of hydrogen-bond acceptors (Lipinski definition) is 5. The molecule has 2 aromatic heterocycles. The Morgan fingerprint density at radius 1 is 1.21 bits per heavy atom. The fourth-order valence-electron chi connectivity index (χ4n) is 3.86. The van der Waals surface area contributed by atoms with Gasteiger partial charge in [0.2, 0.25) is 5.91 Å². The van der Waals surface area contributed by atoms with Gasteiger partial charge in [-0.25, -0.2) is 0 Å². The van der Waals surface area contributed by atoms with Gasteiger partial charge in [0.05, 0.1) is 22.6 Å². The molecular formula is C23H24N4O2. The average molecular weight is 388 g/mol. The molecule has 1 saturated heterocycles. The van der Waals surface area contributed by atoms with E-state index >= 15 is 0 Å². The van der Waals surface area contributed by atoms with Gasteiger partial charge in [-0.05, 0) is 44.2 Å². The van der Waals surface area contributed by atoms with Gasteiger partial charge in [0.25, 0.3) is 0 Å². The number of aromatic nitrogens is 3. The van der Waals surface area contributed by atoms with Crippen LogP contribution >= 0.6 is 0 Å². The molecule has 6 heteroatoms.